The molecule has 0 spiro atoms. The number of benzene rings is 2. The zero-order valence-electron chi connectivity index (χ0n) is 15.3. The number of hydrogen-bond donors (Lipinski definition) is 1. The van der Waals surface area contributed by atoms with Crippen molar-refractivity contribution >= 4 is 11.6 Å². The Kier molecular flexibility index (Phi) is 5.05. The minimum absolute atomic E-state index is 0.147. The number of anilines is 1. The van der Waals surface area contributed by atoms with Gasteiger partial charge in [-0.05, 0) is 40.3 Å². The van der Waals surface area contributed by atoms with E-state index in [9.17, 15) is 4.79 Å². The number of nitrogens with one attached hydrogen (secondary N) is 1. The van der Waals surface area contributed by atoms with Gasteiger partial charge in [0.25, 0.3) is 0 Å². The van der Waals surface area contributed by atoms with Crippen LogP contribution in [-0.2, 0) is 11.2 Å². The van der Waals surface area contributed by atoms with Gasteiger partial charge in [-0.25, -0.2) is 0 Å². The Bertz CT molecular complexity index is 974. The monoisotopic (exact) mass is 381 g/mol. The molecule has 3 aromatic rings. The fraction of sp³-hybridized carbons (Fsp3) is 0.263. The number of hydrogen-bond acceptors (Lipinski definition) is 7. The van der Waals surface area contributed by atoms with Gasteiger partial charge >= 0.3 is 0 Å². The molecule has 1 aliphatic rings. The summed E-state index contributed by atoms with van der Waals surface area (Å²) in [4.78, 5) is 12.5. The van der Waals surface area contributed by atoms with Gasteiger partial charge in [0.1, 0.15) is 17.8 Å². The topological polar surface area (TPSA) is 100 Å². The van der Waals surface area contributed by atoms with Gasteiger partial charge in [-0.15, -0.1) is 5.10 Å². The summed E-state index contributed by atoms with van der Waals surface area (Å²) in [6.45, 7) is 1.24. The number of methoxy groups -OCH3 is 1. The molecule has 0 radical (unpaired) electrons. The minimum atomic E-state index is -0.147. The number of carbonyl (C=O) groups is 1. The Balaban J connectivity index is 1.46. The highest BCUT2D eigenvalue weighted by molar-refractivity contribution is 5.92. The molecular weight excluding hydrogens is 362 g/mol. The van der Waals surface area contributed by atoms with E-state index in [-0.39, 0.29) is 12.3 Å². The van der Waals surface area contributed by atoms with E-state index in [0.29, 0.717) is 41.8 Å². The van der Waals surface area contributed by atoms with E-state index in [1.54, 1.807) is 25.3 Å². The molecule has 2 heterocycles. The zero-order chi connectivity index (χ0) is 19.3. The van der Waals surface area contributed by atoms with Crippen LogP contribution in [0.1, 0.15) is 12.0 Å². The average molecular weight is 381 g/mol. The lowest BCUT2D eigenvalue weighted by Gasteiger charge is -2.12. The maximum absolute atomic E-state index is 12.5. The molecule has 28 heavy (non-hydrogen) atoms. The van der Waals surface area contributed by atoms with E-state index in [0.717, 1.165) is 12.0 Å². The van der Waals surface area contributed by atoms with Crippen molar-refractivity contribution in [3.05, 3.63) is 48.3 Å². The molecule has 9 nitrogen and oxygen atoms in total. The molecule has 0 aliphatic carbocycles. The fourth-order valence-electron chi connectivity index (χ4n) is 2.92. The van der Waals surface area contributed by atoms with Crippen LogP contribution >= 0.6 is 0 Å². The number of carbonyl (C=O) groups excluding carboxylic acids is 1. The third kappa shape index (κ3) is 3.88. The molecule has 1 amide bonds. The van der Waals surface area contributed by atoms with Gasteiger partial charge in [-0.3, -0.25) is 4.79 Å². The van der Waals surface area contributed by atoms with Crippen molar-refractivity contribution in [1.29, 1.82) is 0 Å². The highest BCUT2D eigenvalue weighted by Gasteiger charge is 2.13. The summed E-state index contributed by atoms with van der Waals surface area (Å²) in [5.41, 5.74) is 2.14. The fourth-order valence-corrected chi connectivity index (χ4v) is 2.92. The number of aromatic nitrogens is 4. The van der Waals surface area contributed by atoms with Gasteiger partial charge in [0, 0.05) is 18.2 Å². The predicted octanol–water partition coefficient (Wildman–Crippen LogP) is 2.01. The standard InChI is InChI=1S/C19H19N5O4/c1-26-17-11-14(4-5-15(17)24-12-20-22-23-24)21-19(25)10-13-3-6-16-18(9-13)28-8-2-7-27-16/h3-6,9,11-12H,2,7-8,10H2,1H3,(H,21,25). The summed E-state index contributed by atoms with van der Waals surface area (Å²) in [5, 5.41) is 14.0. The number of rotatable bonds is 5. The van der Waals surface area contributed by atoms with Crippen molar-refractivity contribution in [3.63, 3.8) is 0 Å². The lowest BCUT2D eigenvalue weighted by Crippen LogP contribution is -2.14. The summed E-state index contributed by atoms with van der Waals surface area (Å²) in [6, 6.07) is 10.8. The van der Waals surface area contributed by atoms with Crippen LogP contribution in [0.3, 0.4) is 0 Å². The smallest absolute Gasteiger partial charge is 0.228 e. The molecule has 144 valence electrons. The third-order valence-corrected chi connectivity index (χ3v) is 4.24. The van der Waals surface area contributed by atoms with Crippen molar-refractivity contribution in [2.75, 3.05) is 25.6 Å². The van der Waals surface area contributed by atoms with E-state index in [4.69, 9.17) is 14.2 Å². The van der Waals surface area contributed by atoms with Crippen LogP contribution in [0.15, 0.2) is 42.7 Å². The molecule has 0 atom stereocenters. The summed E-state index contributed by atoms with van der Waals surface area (Å²) < 4.78 is 18.2. The predicted molar refractivity (Wildman–Crippen MR) is 100 cm³/mol. The maximum Gasteiger partial charge on any atom is 0.228 e. The Hall–Kier alpha value is -3.62. The van der Waals surface area contributed by atoms with E-state index in [1.165, 1.54) is 11.0 Å². The third-order valence-electron chi connectivity index (χ3n) is 4.24. The Morgan fingerprint density at radius 2 is 2.04 bits per heavy atom. The van der Waals surface area contributed by atoms with Gasteiger partial charge < -0.3 is 19.5 Å². The van der Waals surface area contributed by atoms with E-state index >= 15 is 0 Å². The molecule has 1 N–H and O–H groups in total. The molecule has 0 fully saturated rings. The molecule has 0 saturated heterocycles. The van der Waals surface area contributed by atoms with Gasteiger partial charge in [-0.1, -0.05) is 6.07 Å². The molecule has 2 aromatic carbocycles. The number of ether oxygens (including phenoxy) is 3. The second kappa shape index (κ2) is 7.95. The summed E-state index contributed by atoms with van der Waals surface area (Å²) >= 11 is 0. The number of amides is 1. The average Bonchev–Trinajstić information content (AvgIpc) is 3.13. The molecule has 0 saturated carbocycles. The van der Waals surface area contributed by atoms with Gasteiger partial charge in [0.05, 0.1) is 26.7 Å². The number of fused-ring (bicyclic) bond motifs is 1. The van der Waals surface area contributed by atoms with Gasteiger partial charge in [0.15, 0.2) is 11.5 Å². The van der Waals surface area contributed by atoms with Crippen LogP contribution < -0.4 is 19.5 Å². The van der Waals surface area contributed by atoms with Crippen molar-refractivity contribution < 1.29 is 19.0 Å². The molecule has 0 unspecified atom stereocenters. The van der Waals surface area contributed by atoms with Crippen LogP contribution in [0.4, 0.5) is 5.69 Å². The lowest BCUT2D eigenvalue weighted by atomic mass is 10.1. The summed E-state index contributed by atoms with van der Waals surface area (Å²) in [5.74, 6) is 1.78. The molecule has 4 rings (SSSR count). The Morgan fingerprint density at radius 1 is 1.18 bits per heavy atom. The van der Waals surface area contributed by atoms with E-state index < -0.39 is 0 Å². The normalized spacial score (nSPS) is 12.9. The summed E-state index contributed by atoms with van der Waals surface area (Å²) in [6.07, 6.45) is 2.53. The Morgan fingerprint density at radius 3 is 2.82 bits per heavy atom. The maximum atomic E-state index is 12.5. The van der Waals surface area contributed by atoms with Crippen LogP contribution in [0.25, 0.3) is 5.69 Å². The van der Waals surface area contributed by atoms with Crippen LogP contribution in [0.2, 0.25) is 0 Å². The first-order valence-corrected chi connectivity index (χ1v) is 8.83. The zero-order valence-corrected chi connectivity index (χ0v) is 15.3. The minimum Gasteiger partial charge on any atom is -0.494 e. The van der Waals surface area contributed by atoms with Crippen LogP contribution in [-0.4, -0.2) is 46.4 Å². The highest BCUT2D eigenvalue weighted by Crippen LogP contribution is 2.31. The van der Waals surface area contributed by atoms with Gasteiger partial charge in [0.2, 0.25) is 5.91 Å². The SMILES string of the molecule is COc1cc(NC(=O)Cc2ccc3c(c2)OCCCO3)ccc1-n1cnnn1. The second-order valence-electron chi connectivity index (χ2n) is 6.20. The van der Waals surface area contributed by atoms with E-state index in [1.807, 2.05) is 18.2 Å². The second-order valence-corrected chi connectivity index (χ2v) is 6.20. The van der Waals surface area contributed by atoms with Crippen LogP contribution in [0, 0.1) is 0 Å². The highest BCUT2D eigenvalue weighted by atomic mass is 16.5. The van der Waals surface area contributed by atoms with Crippen molar-refractivity contribution in [1.82, 2.24) is 20.2 Å². The molecule has 0 bridgehead atoms. The first kappa shape index (κ1) is 17.8. The van der Waals surface area contributed by atoms with Crippen molar-refractivity contribution in [2.45, 2.75) is 12.8 Å². The molecule has 1 aliphatic heterocycles. The summed E-state index contributed by atoms with van der Waals surface area (Å²) in [7, 11) is 1.55. The number of nitrogens with zero attached hydrogens (tertiary/aromatic N) is 4. The quantitative estimate of drug-likeness (QED) is 0.721. The molecule has 1 aromatic heterocycles. The van der Waals surface area contributed by atoms with Crippen molar-refractivity contribution in [2.24, 2.45) is 0 Å². The Labute approximate surface area is 161 Å². The van der Waals surface area contributed by atoms with Crippen LogP contribution in [0.5, 0.6) is 17.2 Å². The first-order valence-electron chi connectivity index (χ1n) is 8.83. The molecule has 9 heteroatoms. The van der Waals surface area contributed by atoms with Crippen molar-refractivity contribution in [3.8, 4) is 22.9 Å². The molecular formula is C19H19N5O4. The lowest BCUT2D eigenvalue weighted by molar-refractivity contribution is -0.115. The first-order chi connectivity index (χ1) is 13.7. The van der Waals surface area contributed by atoms with E-state index in [2.05, 4.69) is 20.8 Å². The number of tetrazole rings is 1. The largest absolute Gasteiger partial charge is 0.494 e. The van der Waals surface area contributed by atoms with Gasteiger partial charge in [-0.2, -0.15) is 4.68 Å².